The molecule has 0 aliphatic rings. The Kier molecular flexibility index (Phi) is 6.81. The van der Waals surface area contributed by atoms with Crippen LogP contribution in [0, 0.1) is 10.1 Å². The molecule has 3 aromatic carbocycles. The lowest BCUT2D eigenvalue weighted by Crippen LogP contribution is -2.07. The van der Waals surface area contributed by atoms with Crippen molar-refractivity contribution in [3.05, 3.63) is 99.0 Å². The van der Waals surface area contributed by atoms with E-state index in [0.717, 1.165) is 11.4 Å². The Hall–Kier alpha value is -4.38. The normalized spacial score (nSPS) is 10.7. The first-order chi connectivity index (χ1) is 16.1. The van der Waals surface area contributed by atoms with Crippen LogP contribution in [0.1, 0.15) is 5.56 Å². The van der Waals surface area contributed by atoms with Crippen molar-refractivity contribution in [1.82, 2.24) is 15.0 Å². The molecule has 11 heteroatoms. The molecule has 0 aliphatic heterocycles. The van der Waals surface area contributed by atoms with Gasteiger partial charge in [0.05, 0.1) is 15.6 Å². The second kappa shape index (κ2) is 10.3. The first kappa shape index (κ1) is 21.8. The van der Waals surface area contributed by atoms with E-state index in [0.29, 0.717) is 21.9 Å². The van der Waals surface area contributed by atoms with Gasteiger partial charge in [-0.05, 0) is 46.3 Å². The summed E-state index contributed by atoms with van der Waals surface area (Å²) in [5.74, 6) is 0.808. The van der Waals surface area contributed by atoms with Crippen LogP contribution in [0.4, 0.5) is 34.9 Å². The van der Waals surface area contributed by atoms with Crippen molar-refractivity contribution in [1.29, 1.82) is 0 Å². The van der Waals surface area contributed by atoms with Gasteiger partial charge in [0.2, 0.25) is 17.8 Å². The number of para-hydroxylation sites is 2. The molecule has 0 atom stereocenters. The molecular weight excluding hydrogens is 488 g/mol. The van der Waals surface area contributed by atoms with E-state index >= 15 is 0 Å². The van der Waals surface area contributed by atoms with Crippen molar-refractivity contribution >= 4 is 57.1 Å². The highest BCUT2D eigenvalue weighted by atomic mass is 79.9. The van der Waals surface area contributed by atoms with Crippen LogP contribution in [-0.2, 0) is 0 Å². The summed E-state index contributed by atoms with van der Waals surface area (Å²) in [6.07, 6.45) is 1.44. The summed E-state index contributed by atoms with van der Waals surface area (Å²) < 4.78 is 0.392. The first-order valence-electron chi connectivity index (χ1n) is 9.70. The summed E-state index contributed by atoms with van der Waals surface area (Å²) in [5.41, 5.74) is 4.86. The Morgan fingerprint density at radius 3 is 1.91 bits per heavy atom. The first-order valence-corrected chi connectivity index (χ1v) is 10.5. The zero-order valence-corrected chi connectivity index (χ0v) is 18.6. The molecule has 164 valence electrons. The molecule has 3 N–H and O–H groups in total. The fourth-order valence-electron chi connectivity index (χ4n) is 2.75. The van der Waals surface area contributed by atoms with Gasteiger partial charge in [0, 0.05) is 23.0 Å². The summed E-state index contributed by atoms with van der Waals surface area (Å²) in [6.45, 7) is 0. The summed E-state index contributed by atoms with van der Waals surface area (Å²) in [6, 6.07) is 23.7. The van der Waals surface area contributed by atoms with E-state index in [1.807, 2.05) is 60.7 Å². The summed E-state index contributed by atoms with van der Waals surface area (Å²) in [7, 11) is 0. The van der Waals surface area contributed by atoms with E-state index in [4.69, 9.17) is 0 Å². The maximum atomic E-state index is 11.1. The molecule has 0 unspecified atom stereocenters. The Bertz CT molecular complexity index is 1230. The minimum absolute atomic E-state index is 0.0530. The number of halogens is 1. The highest BCUT2D eigenvalue weighted by Gasteiger charge is 2.11. The number of nitro groups is 1. The molecule has 1 aromatic heterocycles. The molecular formula is C22H17BrN8O2. The largest absolute Gasteiger partial charge is 0.324 e. The Balaban J connectivity index is 1.57. The van der Waals surface area contributed by atoms with Crippen molar-refractivity contribution in [3.63, 3.8) is 0 Å². The van der Waals surface area contributed by atoms with Crippen LogP contribution in [-0.4, -0.2) is 26.1 Å². The minimum atomic E-state index is -0.468. The van der Waals surface area contributed by atoms with Gasteiger partial charge in [0.25, 0.3) is 5.69 Å². The average Bonchev–Trinajstić information content (AvgIpc) is 2.81. The fourth-order valence-corrected chi connectivity index (χ4v) is 3.14. The summed E-state index contributed by atoms with van der Waals surface area (Å²) >= 11 is 3.16. The summed E-state index contributed by atoms with van der Waals surface area (Å²) in [4.78, 5) is 23.8. The van der Waals surface area contributed by atoms with Gasteiger partial charge in [-0.3, -0.25) is 10.1 Å². The second-order valence-electron chi connectivity index (χ2n) is 6.63. The maximum Gasteiger partial charge on any atom is 0.284 e. The van der Waals surface area contributed by atoms with Crippen molar-refractivity contribution in [2.75, 3.05) is 16.1 Å². The van der Waals surface area contributed by atoms with Crippen LogP contribution in [0.15, 0.2) is 88.4 Å². The molecule has 0 spiro atoms. The predicted octanol–water partition coefficient (Wildman–Crippen LogP) is 5.48. The van der Waals surface area contributed by atoms with Crippen LogP contribution in [0.5, 0.6) is 0 Å². The SMILES string of the molecule is O=[N+]([O-])c1cc(/C=N\Nc2nc(Nc3ccccc3)nc(Nc3ccccc3)n2)ccc1Br. The quantitative estimate of drug-likeness (QED) is 0.163. The summed E-state index contributed by atoms with van der Waals surface area (Å²) in [5, 5.41) is 21.5. The number of rotatable bonds is 8. The molecule has 0 aliphatic carbocycles. The number of aromatic nitrogens is 3. The molecule has 33 heavy (non-hydrogen) atoms. The fraction of sp³-hybridized carbons (Fsp3) is 0. The van der Waals surface area contributed by atoms with Crippen LogP contribution >= 0.6 is 15.9 Å². The number of hydrogen-bond donors (Lipinski definition) is 3. The monoisotopic (exact) mass is 504 g/mol. The average molecular weight is 505 g/mol. The van der Waals surface area contributed by atoms with Crippen LogP contribution in [0.2, 0.25) is 0 Å². The third-order valence-electron chi connectivity index (χ3n) is 4.24. The van der Waals surface area contributed by atoms with Crippen LogP contribution in [0.3, 0.4) is 0 Å². The lowest BCUT2D eigenvalue weighted by Gasteiger charge is -2.10. The number of nitrogens with one attached hydrogen (secondary N) is 3. The molecule has 0 saturated carbocycles. The maximum absolute atomic E-state index is 11.1. The molecule has 0 radical (unpaired) electrons. The van der Waals surface area contributed by atoms with Crippen LogP contribution < -0.4 is 16.1 Å². The number of nitro benzene ring substituents is 1. The zero-order valence-electron chi connectivity index (χ0n) is 17.0. The third kappa shape index (κ3) is 6.08. The second-order valence-corrected chi connectivity index (χ2v) is 7.48. The molecule has 10 nitrogen and oxygen atoms in total. The number of hydrazone groups is 1. The van der Waals surface area contributed by atoms with E-state index in [1.165, 1.54) is 12.3 Å². The minimum Gasteiger partial charge on any atom is -0.324 e. The van der Waals surface area contributed by atoms with Crippen molar-refractivity contribution < 1.29 is 4.92 Å². The van der Waals surface area contributed by atoms with Gasteiger partial charge in [-0.25, -0.2) is 5.43 Å². The highest BCUT2D eigenvalue weighted by molar-refractivity contribution is 9.10. The van der Waals surface area contributed by atoms with Gasteiger partial charge in [-0.1, -0.05) is 42.5 Å². The smallest absolute Gasteiger partial charge is 0.284 e. The Morgan fingerprint density at radius 2 is 1.36 bits per heavy atom. The predicted molar refractivity (Wildman–Crippen MR) is 131 cm³/mol. The lowest BCUT2D eigenvalue weighted by atomic mass is 10.2. The molecule has 0 bridgehead atoms. The van der Waals surface area contributed by atoms with E-state index in [-0.39, 0.29) is 11.6 Å². The van der Waals surface area contributed by atoms with E-state index in [9.17, 15) is 10.1 Å². The molecule has 4 aromatic rings. The molecule has 0 amide bonds. The molecule has 0 fully saturated rings. The van der Waals surface area contributed by atoms with E-state index in [1.54, 1.807) is 12.1 Å². The zero-order chi connectivity index (χ0) is 23.0. The van der Waals surface area contributed by atoms with Gasteiger partial charge in [-0.2, -0.15) is 20.1 Å². The van der Waals surface area contributed by atoms with Gasteiger partial charge < -0.3 is 10.6 Å². The number of nitrogens with zero attached hydrogens (tertiary/aromatic N) is 5. The van der Waals surface area contributed by atoms with Crippen LogP contribution in [0.25, 0.3) is 0 Å². The van der Waals surface area contributed by atoms with E-state index in [2.05, 4.69) is 52.0 Å². The molecule has 4 rings (SSSR count). The number of hydrogen-bond acceptors (Lipinski definition) is 9. The molecule has 1 heterocycles. The number of anilines is 5. The van der Waals surface area contributed by atoms with Gasteiger partial charge in [-0.15, -0.1) is 0 Å². The van der Waals surface area contributed by atoms with Crippen molar-refractivity contribution in [3.8, 4) is 0 Å². The number of benzene rings is 3. The highest BCUT2D eigenvalue weighted by Crippen LogP contribution is 2.25. The Morgan fingerprint density at radius 1 is 0.818 bits per heavy atom. The standard InChI is InChI=1S/C22H17BrN8O2/c23-18-12-11-15(13-19(18)31(32)33)14-24-30-22-28-20(25-16-7-3-1-4-8-16)27-21(29-22)26-17-9-5-2-6-10-17/h1-14H,(H3,25,26,27,28,29,30)/b24-14-. The molecule has 0 saturated heterocycles. The van der Waals surface area contributed by atoms with Crippen molar-refractivity contribution in [2.45, 2.75) is 0 Å². The Labute approximate surface area is 197 Å². The van der Waals surface area contributed by atoms with Gasteiger partial charge >= 0.3 is 0 Å². The van der Waals surface area contributed by atoms with Gasteiger partial charge in [0.15, 0.2) is 0 Å². The van der Waals surface area contributed by atoms with E-state index < -0.39 is 4.92 Å². The third-order valence-corrected chi connectivity index (χ3v) is 4.91. The van der Waals surface area contributed by atoms with Gasteiger partial charge in [0.1, 0.15) is 0 Å². The lowest BCUT2D eigenvalue weighted by molar-refractivity contribution is -0.385. The topological polar surface area (TPSA) is 130 Å². The van der Waals surface area contributed by atoms with Crippen molar-refractivity contribution in [2.24, 2.45) is 5.10 Å².